The van der Waals surface area contributed by atoms with Gasteiger partial charge in [-0.25, -0.2) is 13.1 Å². The lowest BCUT2D eigenvalue weighted by atomic mass is 10.1. The van der Waals surface area contributed by atoms with Gasteiger partial charge in [0.15, 0.2) is 0 Å². The first kappa shape index (κ1) is 15.5. The number of sulfonamides is 1. The van der Waals surface area contributed by atoms with Crippen LogP contribution in [0.5, 0.6) is 0 Å². The number of aryl methyl sites for hydroxylation is 1. The summed E-state index contributed by atoms with van der Waals surface area (Å²) in [6, 6.07) is 8.61. The molecule has 0 spiro atoms. The summed E-state index contributed by atoms with van der Waals surface area (Å²) in [5, 5.41) is 2.87. The van der Waals surface area contributed by atoms with E-state index in [0.717, 1.165) is 6.42 Å². The summed E-state index contributed by atoms with van der Waals surface area (Å²) >= 11 is 0. The van der Waals surface area contributed by atoms with Gasteiger partial charge in [-0.3, -0.25) is 0 Å². The predicted octanol–water partition coefficient (Wildman–Crippen LogP) is 1.60. The second kappa shape index (κ2) is 6.70. The summed E-state index contributed by atoms with van der Waals surface area (Å²) < 4.78 is 26.9. The maximum atomic E-state index is 12.1. The van der Waals surface area contributed by atoms with E-state index in [1.54, 1.807) is 6.92 Å². The molecule has 1 unspecified atom stereocenters. The molecule has 0 radical (unpaired) electrons. The van der Waals surface area contributed by atoms with E-state index in [1.165, 1.54) is 24.0 Å². The van der Waals surface area contributed by atoms with Gasteiger partial charge in [0, 0.05) is 19.1 Å². The van der Waals surface area contributed by atoms with Crippen molar-refractivity contribution < 1.29 is 8.42 Å². The Bertz CT molecular complexity index is 539. The van der Waals surface area contributed by atoms with Crippen molar-refractivity contribution in [1.82, 2.24) is 10.0 Å². The van der Waals surface area contributed by atoms with Gasteiger partial charge < -0.3 is 5.32 Å². The first-order valence-electron chi connectivity index (χ1n) is 7.25. The second-order valence-corrected chi connectivity index (χ2v) is 7.79. The highest BCUT2D eigenvalue weighted by atomic mass is 32.2. The van der Waals surface area contributed by atoms with Gasteiger partial charge in [-0.2, -0.15) is 0 Å². The molecular formula is C15H24N2O2S. The molecule has 4 nitrogen and oxygen atoms in total. The zero-order valence-corrected chi connectivity index (χ0v) is 13.0. The van der Waals surface area contributed by atoms with Crippen LogP contribution in [0.2, 0.25) is 0 Å². The number of hydrogen-bond acceptors (Lipinski definition) is 3. The maximum absolute atomic E-state index is 12.1. The van der Waals surface area contributed by atoms with Crippen LogP contribution in [-0.4, -0.2) is 32.8 Å². The predicted molar refractivity (Wildman–Crippen MR) is 82.3 cm³/mol. The number of hydrogen-bond donors (Lipinski definition) is 2. The van der Waals surface area contributed by atoms with Crippen LogP contribution < -0.4 is 10.0 Å². The quantitative estimate of drug-likeness (QED) is 0.766. The van der Waals surface area contributed by atoms with Crippen molar-refractivity contribution in [2.45, 2.75) is 44.4 Å². The molecule has 0 bridgehead atoms. The van der Waals surface area contributed by atoms with Gasteiger partial charge in [0.05, 0.1) is 5.25 Å². The third-order valence-electron chi connectivity index (χ3n) is 3.76. The van der Waals surface area contributed by atoms with Crippen LogP contribution >= 0.6 is 0 Å². The largest absolute Gasteiger partial charge is 0.313 e. The monoisotopic (exact) mass is 296 g/mol. The summed E-state index contributed by atoms with van der Waals surface area (Å²) in [4.78, 5) is 0. The third kappa shape index (κ3) is 4.58. The molecule has 20 heavy (non-hydrogen) atoms. The van der Waals surface area contributed by atoms with E-state index in [9.17, 15) is 8.42 Å². The molecular weight excluding hydrogens is 272 g/mol. The Kier molecular flexibility index (Phi) is 5.18. The fourth-order valence-electron chi connectivity index (χ4n) is 2.09. The van der Waals surface area contributed by atoms with Gasteiger partial charge in [-0.1, -0.05) is 24.3 Å². The molecule has 1 aliphatic carbocycles. The topological polar surface area (TPSA) is 58.2 Å². The van der Waals surface area contributed by atoms with Gasteiger partial charge in [-0.15, -0.1) is 0 Å². The van der Waals surface area contributed by atoms with Gasteiger partial charge in [0.2, 0.25) is 10.0 Å². The number of benzene rings is 1. The molecule has 0 saturated heterocycles. The fraction of sp³-hybridized carbons (Fsp3) is 0.600. The smallest absolute Gasteiger partial charge is 0.215 e. The van der Waals surface area contributed by atoms with Crippen molar-refractivity contribution in [1.29, 1.82) is 0 Å². The molecule has 1 atom stereocenters. The van der Waals surface area contributed by atoms with E-state index < -0.39 is 10.0 Å². The van der Waals surface area contributed by atoms with E-state index >= 15 is 0 Å². The van der Waals surface area contributed by atoms with Gasteiger partial charge in [0.1, 0.15) is 0 Å². The minimum Gasteiger partial charge on any atom is -0.313 e. The molecule has 0 aliphatic heterocycles. The Hall–Kier alpha value is -0.910. The molecule has 112 valence electrons. The molecule has 0 heterocycles. The average Bonchev–Trinajstić information content (AvgIpc) is 3.22. The van der Waals surface area contributed by atoms with Crippen molar-refractivity contribution in [2.24, 2.45) is 0 Å². The van der Waals surface area contributed by atoms with Crippen molar-refractivity contribution >= 4 is 10.0 Å². The molecule has 0 aromatic heterocycles. The molecule has 2 rings (SSSR count). The lowest BCUT2D eigenvalue weighted by Crippen LogP contribution is -2.40. The van der Waals surface area contributed by atoms with E-state index in [-0.39, 0.29) is 5.25 Å². The Balaban J connectivity index is 1.77. The fourth-order valence-corrected chi connectivity index (χ4v) is 3.08. The minimum atomic E-state index is -3.22. The maximum Gasteiger partial charge on any atom is 0.215 e. The highest BCUT2D eigenvalue weighted by Crippen LogP contribution is 2.18. The van der Waals surface area contributed by atoms with Crippen molar-refractivity contribution in [3.8, 4) is 0 Å². The van der Waals surface area contributed by atoms with E-state index in [1.807, 2.05) is 31.2 Å². The van der Waals surface area contributed by atoms with Crippen LogP contribution in [0.15, 0.2) is 24.3 Å². The Labute approximate surface area is 122 Å². The normalized spacial score (nSPS) is 17.1. The summed E-state index contributed by atoms with van der Waals surface area (Å²) in [5.74, 6) is 0. The van der Waals surface area contributed by atoms with Gasteiger partial charge in [0.25, 0.3) is 0 Å². The van der Waals surface area contributed by atoms with Crippen LogP contribution in [0.4, 0.5) is 0 Å². The summed E-state index contributed by atoms with van der Waals surface area (Å²) in [7, 11) is -3.22. The van der Waals surface area contributed by atoms with E-state index in [4.69, 9.17) is 0 Å². The standard InChI is InChI=1S/C15H24N2O2S/c1-12-5-3-4-6-14(12)9-10-17-20(18,19)13(2)11-16-15-7-8-15/h3-6,13,15-17H,7-11H2,1-2H3. The van der Waals surface area contributed by atoms with Crippen LogP contribution in [0, 0.1) is 6.92 Å². The molecule has 1 aliphatic rings. The summed E-state index contributed by atoms with van der Waals surface area (Å²) in [5.41, 5.74) is 2.40. The van der Waals surface area contributed by atoms with Crippen molar-refractivity contribution in [3.63, 3.8) is 0 Å². The summed E-state index contributed by atoms with van der Waals surface area (Å²) in [6.45, 7) is 4.79. The van der Waals surface area contributed by atoms with Crippen molar-refractivity contribution in [2.75, 3.05) is 13.1 Å². The molecule has 0 amide bonds. The molecule has 2 N–H and O–H groups in total. The van der Waals surface area contributed by atoms with Gasteiger partial charge >= 0.3 is 0 Å². The van der Waals surface area contributed by atoms with Crippen LogP contribution in [-0.2, 0) is 16.4 Å². The molecule has 1 saturated carbocycles. The Morgan fingerprint density at radius 2 is 2.00 bits per heavy atom. The first-order valence-corrected chi connectivity index (χ1v) is 8.80. The highest BCUT2D eigenvalue weighted by molar-refractivity contribution is 7.90. The van der Waals surface area contributed by atoms with E-state index in [2.05, 4.69) is 10.0 Å². The van der Waals surface area contributed by atoms with E-state index in [0.29, 0.717) is 19.1 Å². The molecule has 5 heteroatoms. The van der Waals surface area contributed by atoms with Crippen LogP contribution in [0.25, 0.3) is 0 Å². The van der Waals surface area contributed by atoms with Crippen LogP contribution in [0.3, 0.4) is 0 Å². The SMILES string of the molecule is Cc1ccccc1CCNS(=O)(=O)C(C)CNC1CC1. The zero-order valence-electron chi connectivity index (χ0n) is 12.2. The van der Waals surface area contributed by atoms with Crippen molar-refractivity contribution in [3.05, 3.63) is 35.4 Å². The highest BCUT2D eigenvalue weighted by Gasteiger charge is 2.25. The molecule has 1 aromatic rings. The lowest BCUT2D eigenvalue weighted by Gasteiger charge is -2.15. The Morgan fingerprint density at radius 1 is 1.30 bits per heavy atom. The number of rotatable bonds is 8. The Morgan fingerprint density at radius 3 is 2.65 bits per heavy atom. The second-order valence-electron chi connectivity index (χ2n) is 5.61. The van der Waals surface area contributed by atoms with Gasteiger partial charge in [-0.05, 0) is 44.2 Å². The third-order valence-corrected chi connectivity index (χ3v) is 5.59. The average molecular weight is 296 g/mol. The van der Waals surface area contributed by atoms with Crippen LogP contribution in [0.1, 0.15) is 30.9 Å². The first-order chi connectivity index (χ1) is 9.49. The molecule has 1 aromatic carbocycles. The lowest BCUT2D eigenvalue weighted by molar-refractivity contribution is 0.557. The molecule has 1 fully saturated rings. The number of nitrogens with one attached hydrogen (secondary N) is 2. The minimum absolute atomic E-state index is 0.389. The summed E-state index contributed by atoms with van der Waals surface area (Å²) in [6.07, 6.45) is 3.08. The zero-order chi connectivity index (χ0) is 14.6.